The molecule has 0 aromatic heterocycles. The summed E-state index contributed by atoms with van der Waals surface area (Å²) in [5.74, 6) is -0.508. The lowest BCUT2D eigenvalue weighted by molar-refractivity contribution is -0.162. The summed E-state index contributed by atoms with van der Waals surface area (Å²) in [6, 6.07) is 0. The summed E-state index contributed by atoms with van der Waals surface area (Å²) in [7, 11) is 0. The van der Waals surface area contributed by atoms with Crippen LogP contribution in [0.15, 0.2) is 0 Å². The maximum atomic E-state index is 12.4. The Morgan fingerprint density at radius 2 is 1.61 bits per heavy atom. The molecule has 3 fully saturated rings. The van der Waals surface area contributed by atoms with Crippen LogP contribution in [0.2, 0.25) is 0 Å². The number of likely N-dealkylation sites (tertiary alicyclic amines) is 1. The van der Waals surface area contributed by atoms with E-state index in [4.69, 9.17) is 5.11 Å². The molecule has 0 aromatic rings. The summed E-state index contributed by atoms with van der Waals surface area (Å²) in [6.07, 6.45) is 7.69. The van der Waals surface area contributed by atoms with Crippen LogP contribution in [-0.2, 0) is 9.59 Å². The lowest BCUT2D eigenvalue weighted by atomic mass is 9.67. The summed E-state index contributed by atoms with van der Waals surface area (Å²) in [5, 5.41) is 8.96. The second-order valence-electron chi connectivity index (χ2n) is 6.20. The first kappa shape index (κ1) is 12.0. The van der Waals surface area contributed by atoms with Gasteiger partial charge in [0.1, 0.15) is 0 Å². The third-order valence-electron chi connectivity index (χ3n) is 5.35. The van der Waals surface area contributed by atoms with E-state index in [0.29, 0.717) is 18.7 Å². The molecule has 0 unspecified atom stereocenters. The lowest BCUT2D eigenvalue weighted by Gasteiger charge is -2.59. The average molecular weight is 251 g/mol. The Kier molecular flexibility index (Phi) is 2.83. The molecular formula is C14H21NO3. The SMILES string of the molecule is O=C(O)C1CCC(C(=O)N2CCC23CCC3)CC1. The van der Waals surface area contributed by atoms with Gasteiger partial charge in [-0.1, -0.05) is 0 Å². The van der Waals surface area contributed by atoms with E-state index in [1.807, 2.05) is 0 Å². The third kappa shape index (κ3) is 1.73. The molecule has 2 saturated carbocycles. The Morgan fingerprint density at radius 1 is 1.00 bits per heavy atom. The Bertz CT molecular complexity index is 362. The number of carboxylic acid groups (broad SMARTS) is 1. The normalized spacial score (nSPS) is 33.7. The van der Waals surface area contributed by atoms with Gasteiger partial charge in [0.05, 0.1) is 5.92 Å². The molecule has 1 amide bonds. The van der Waals surface area contributed by atoms with E-state index < -0.39 is 5.97 Å². The zero-order valence-corrected chi connectivity index (χ0v) is 10.7. The van der Waals surface area contributed by atoms with Crippen LogP contribution < -0.4 is 0 Å². The molecule has 100 valence electrons. The fourth-order valence-electron chi connectivity index (χ4n) is 3.80. The predicted molar refractivity (Wildman–Crippen MR) is 66.0 cm³/mol. The minimum atomic E-state index is -0.694. The number of carbonyl (C=O) groups excluding carboxylic acids is 1. The van der Waals surface area contributed by atoms with Crippen LogP contribution in [0.4, 0.5) is 0 Å². The number of carboxylic acids is 1. The van der Waals surface area contributed by atoms with E-state index in [1.54, 1.807) is 0 Å². The molecule has 0 atom stereocenters. The van der Waals surface area contributed by atoms with E-state index in [0.717, 1.165) is 19.4 Å². The van der Waals surface area contributed by atoms with Crippen LogP contribution in [0.1, 0.15) is 51.4 Å². The van der Waals surface area contributed by atoms with E-state index in [-0.39, 0.29) is 17.4 Å². The molecular weight excluding hydrogens is 230 g/mol. The topological polar surface area (TPSA) is 57.6 Å². The van der Waals surface area contributed by atoms with Gasteiger partial charge in [0.15, 0.2) is 0 Å². The number of aliphatic carboxylic acids is 1. The molecule has 1 spiro atoms. The van der Waals surface area contributed by atoms with Crippen molar-refractivity contribution in [2.45, 2.75) is 56.9 Å². The maximum Gasteiger partial charge on any atom is 0.306 e. The Labute approximate surface area is 107 Å². The smallest absolute Gasteiger partial charge is 0.306 e. The molecule has 3 aliphatic rings. The van der Waals surface area contributed by atoms with Gasteiger partial charge in [-0.25, -0.2) is 0 Å². The van der Waals surface area contributed by atoms with Gasteiger partial charge in [0.25, 0.3) is 0 Å². The molecule has 0 bridgehead atoms. The fraction of sp³-hybridized carbons (Fsp3) is 0.857. The van der Waals surface area contributed by atoms with E-state index in [1.165, 1.54) is 25.7 Å². The molecule has 1 saturated heterocycles. The van der Waals surface area contributed by atoms with Crippen molar-refractivity contribution in [1.29, 1.82) is 0 Å². The second kappa shape index (κ2) is 4.25. The molecule has 0 aromatic carbocycles. The van der Waals surface area contributed by atoms with Crippen molar-refractivity contribution in [2.75, 3.05) is 6.54 Å². The number of amides is 1. The molecule has 2 aliphatic carbocycles. The van der Waals surface area contributed by atoms with Gasteiger partial charge in [-0.2, -0.15) is 0 Å². The molecule has 4 nitrogen and oxygen atoms in total. The minimum Gasteiger partial charge on any atom is -0.481 e. The lowest BCUT2D eigenvalue weighted by Crippen LogP contribution is -2.66. The van der Waals surface area contributed by atoms with Gasteiger partial charge in [0, 0.05) is 18.0 Å². The summed E-state index contributed by atoms with van der Waals surface area (Å²) in [6.45, 7) is 0.928. The van der Waals surface area contributed by atoms with Crippen molar-refractivity contribution in [2.24, 2.45) is 11.8 Å². The summed E-state index contributed by atoms with van der Waals surface area (Å²) in [4.78, 5) is 25.4. The van der Waals surface area contributed by atoms with Crippen molar-refractivity contribution in [1.82, 2.24) is 4.90 Å². The number of carbonyl (C=O) groups is 2. The quantitative estimate of drug-likeness (QED) is 0.817. The third-order valence-corrected chi connectivity index (χ3v) is 5.35. The van der Waals surface area contributed by atoms with E-state index >= 15 is 0 Å². The summed E-state index contributed by atoms with van der Waals surface area (Å²) < 4.78 is 0. The minimum absolute atomic E-state index is 0.0957. The monoisotopic (exact) mass is 251 g/mol. The van der Waals surface area contributed by atoms with Gasteiger partial charge in [0.2, 0.25) is 5.91 Å². The standard InChI is InChI=1S/C14H21NO3/c16-12(15-9-8-14(15)6-1-7-14)10-2-4-11(5-3-10)13(17)18/h10-11H,1-9H2,(H,17,18). The highest BCUT2D eigenvalue weighted by atomic mass is 16.4. The molecule has 0 radical (unpaired) electrons. The number of rotatable bonds is 2. The number of hydrogen-bond acceptors (Lipinski definition) is 2. The molecule has 18 heavy (non-hydrogen) atoms. The average Bonchev–Trinajstić information content (AvgIpc) is 2.25. The van der Waals surface area contributed by atoms with Crippen LogP contribution in [0.5, 0.6) is 0 Å². The summed E-state index contributed by atoms with van der Waals surface area (Å²) >= 11 is 0. The van der Waals surface area contributed by atoms with Crippen molar-refractivity contribution in [3.8, 4) is 0 Å². The number of hydrogen-bond donors (Lipinski definition) is 1. The Balaban J connectivity index is 1.56. The highest BCUT2D eigenvalue weighted by Gasteiger charge is 2.52. The van der Waals surface area contributed by atoms with Crippen LogP contribution >= 0.6 is 0 Å². The van der Waals surface area contributed by atoms with Crippen molar-refractivity contribution >= 4 is 11.9 Å². The summed E-state index contributed by atoms with van der Waals surface area (Å²) in [5.41, 5.74) is 0.237. The van der Waals surface area contributed by atoms with Crippen molar-refractivity contribution in [3.63, 3.8) is 0 Å². The highest BCUT2D eigenvalue weighted by Crippen LogP contribution is 2.48. The van der Waals surface area contributed by atoms with Gasteiger partial charge in [-0.05, 0) is 51.4 Å². The van der Waals surface area contributed by atoms with Crippen LogP contribution in [0.25, 0.3) is 0 Å². The van der Waals surface area contributed by atoms with Crippen LogP contribution in [0.3, 0.4) is 0 Å². The predicted octanol–water partition coefficient (Wildman–Crippen LogP) is 2.03. The first-order chi connectivity index (χ1) is 8.62. The van der Waals surface area contributed by atoms with E-state index in [9.17, 15) is 9.59 Å². The van der Waals surface area contributed by atoms with Crippen LogP contribution in [0, 0.1) is 11.8 Å². The molecule has 3 rings (SSSR count). The van der Waals surface area contributed by atoms with E-state index in [2.05, 4.69) is 4.90 Å². The molecule has 1 heterocycles. The Hall–Kier alpha value is -1.06. The van der Waals surface area contributed by atoms with Crippen LogP contribution in [-0.4, -0.2) is 34.0 Å². The largest absolute Gasteiger partial charge is 0.481 e. The van der Waals surface area contributed by atoms with Crippen molar-refractivity contribution < 1.29 is 14.7 Å². The fourth-order valence-corrected chi connectivity index (χ4v) is 3.80. The zero-order chi connectivity index (χ0) is 12.8. The first-order valence-electron chi connectivity index (χ1n) is 7.17. The Morgan fingerprint density at radius 3 is 2.00 bits per heavy atom. The van der Waals surface area contributed by atoms with Crippen molar-refractivity contribution in [3.05, 3.63) is 0 Å². The zero-order valence-electron chi connectivity index (χ0n) is 10.7. The maximum absolute atomic E-state index is 12.4. The van der Waals surface area contributed by atoms with Gasteiger partial charge in [-0.15, -0.1) is 0 Å². The molecule has 1 aliphatic heterocycles. The number of nitrogens with zero attached hydrogens (tertiary/aromatic N) is 1. The first-order valence-corrected chi connectivity index (χ1v) is 7.17. The molecule has 4 heteroatoms. The van der Waals surface area contributed by atoms with Gasteiger partial charge < -0.3 is 10.0 Å². The second-order valence-corrected chi connectivity index (χ2v) is 6.20. The van der Waals surface area contributed by atoms with Gasteiger partial charge >= 0.3 is 5.97 Å². The van der Waals surface area contributed by atoms with Gasteiger partial charge in [-0.3, -0.25) is 9.59 Å². The molecule has 1 N–H and O–H groups in total. The highest BCUT2D eigenvalue weighted by molar-refractivity contribution is 5.81.